The Hall–Kier alpha value is -1.90. The van der Waals surface area contributed by atoms with E-state index in [1.165, 1.54) is 12.1 Å². The quantitative estimate of drug-likeness (QED) is 0.779. The second kappa shape index (κ2) is 7.78. The maximum absolute atomic E-state index is 13.3. The van der Waals surface area contributed by atoms with Crippen LogP contribution >= 0.6 is 0 Å². The average molecular weight is 334 g/mol. The van der Waals surface area contributed by atoms with Crippen LogP contribution in [0, 0.1) is 5.82 Å². The summed E-state index contributed by atoms with van der Waals surface area (Å²) in [5.74, 6) is 0.526. The molecule has 3 rings (SSSR count). The van der Waals surface area contributed by atoms with Gasteiger partial charge in [-0.05, 0) is 35.2 Å². The van der Waals surface area contributed by atoms with E-state index in [1.54, 1.807) is 11.8 Å². The number of halogens is 1. The molecule has 0 unspecified atom stereocenters. The van der Waals surface area contributed by atoms with Gasteiger partial charge >= 0.3 is 0 Å². The van der Waals surface area contributed by atoms with Crippen LogP contribution in [-0.2, 0) is 11.3 Å². The van der Waals surface area contributed by atoms with Crippen molar-refractivity contribution in [2.75, 3.05) is 46.9 Å². The van der Waals surface area contributed by atoms with Crippen LogP contribution in [0.3, 0.4) is 0 Å². The van der Waals surface area contributed by atoms with Gasteiger partial charge in [-0.1, -0.05) is 12.1 Å². The van der Waals surface area contributed by atoms with Crippen LogP contribution in [0.1, 0.15) is 17.4 Å². The molecule has 0 amide bonds. The van der Waals surface area contributed by atoms with Crippen LogP contribution in [0.25, 0.3) is 0 Å². The summed E-state index contributed by atoms with van der Waals surface area (Å²) in [5, 5.41) is 12.2. The zero-order valence-corrected chi connectivity index (χ0v) is 14.1. The van der Waals surface area contributed by atoms with Crippen molar-refractivity contribution in [3.8, 4) is 0 Å². The van der Waals surface area contributed by atoms with Crippen molar-refractivity contribution in [2.45, 2.75) is 12.6 Å². The number of benzene rings is 1. The Morgan fingerprint density at radius 2 is 1.88 bits per heavy atom. The largest absolute Gasteiger partial charge is 0.383 e. The highest BCUT2D eigenvalue weighted by molar-refractivity contribution is 5.25. The smallest absolute Gasteiger partial charge is 0.173 e. The Labute approximate surface area is 141 Å². The number of rotatable bonds is 6. The normalized spacial score (nSPS) is 18.0. The van der Waals surface area contributed by atoms with E-state index in [9.17, 15) is 4.39 Å². The number of ether oxygens (including phenoxy) is 1. The third-order valence-electron chi connectivity index (χ3n) is 4.40. The summed E-state index contributed by atoms with van der Waals surface area (Å²) >= 11 is 0. The van der Waals surface area contributed by atoms with E-state index in [0.29, 0.717) is 13.2 Å². The van der Waals surface area contributed by atoms with E-state index in [2.05, 4.69) is 32.4 Å². The Morgan fingerprint density at radius 3 is 2.54 bits per heavy atom. The van der Waals surface area contributed by atoms with Gasteiger partial charge in [0.05, 0.1) is 19.2 Å². The first-order valence-electron chi connectivity index (χ1n) is 8.12. The molecule has 1 aliphatic rings. The molecular weight excluding hydrogens is 311 g/mol. The van der Waals surface area contributed by atoms with Gasteiger partial charge in [0.25, 0.3) is 0 Å². The molecule has 0 bridgehead atoms. The van der Waals surface area contributed by atoms with Crippen LogP contribution in [0.2, 0.25) is 0 Å². The summed E-state index contributed by atoms with van der Waals surface area (Å²) < 4.78 is 20.3. The SMILES string of the molecule is COCCn1nnnc1[C@H](c1ccc(F)cc1)N1CCN(C)CC1. The minimum atomic E-state index is -0.241. The molecular formula is C16H23FN6O. The number of nitrogens with zero attached hydrogens (tertiary/aromatic N) is 6. The highest BCUT2D eigenvalue weighted by Gasteiger charge is 2.29. The molecule has 0 radical (unpaired) electrons. The number of hydrogen-bond acceptors (Lipinski definition) is 6. The summed E-state index contributed by atoms with van der Waals surface area (Å²) in [6.07, 6.45) is 0. The third-order valence-corrected chi connectivity index (χ3v) is 4.40. The van der Waals surface area contributed by atoms with Gasteiger partial charge in [0.15, 0.2) is 5.82 Å². The standard InChI is InChI=1S/C16H23FN6O/c1-21-7-9-22(10-8-21)15(13-3-5-14(17)6-4-13)16-18-19-20-23(16)11-12-24-2/h3-6,15H,7-12H2,1-2H3/t15-/m0/s1. The van der Waals surface area contributed by atoms with Gasteiger partial charge in [-0.2, -0.15) is 0 Å². The average Bonchev–Trinajstić information content (AvgIpc) is 3.05. The van der Waals surface area contributed by atoms with E-state index < -0.39 is 0 Å². The molecule has 8 heteroatoms. The van der Waals surface area contributed by atoms with E-state index in [4.69, 9.17) is 4.74 Å². The Kier molecular flexibility index (Phi) is 5.49. The number of hydrogen-bond donors (Lipinski definition) is 0. The van der Waals surface area contributed by atoms with Crippen molar-refractivity contribution in [1.82, 2.24) is 30.0 Å². The van der Waals surface area contributed by atoms with Crippen LogP contribution in [-0.4, -0.2) is 77.0 Å². The molecule has 1 saturated heterocycles. The minimum absolute atomic E-state index is 0.0915. The van der Waals surface area contributed by atoms with Gasteiger partial charge in [-0.3, -0.25) is 4.90 Å². The predicted molar refractivity (Wildman–Crippen MR) is 87.0 cm³/mol. The number of aromatic nitrogens is 4. The third kappa shape index (κ3) is 3.77. The van der Waals surface area contributed by atoms with E-state index >= 15 is 0 Å². The van der Waals surface area contributed by atoms with Gasteiger partial charge in [0.2, 0.25) is 0 Å². The molecule has 0 N–H and O–H groups in total. The lowest BCUT2D eigenvalue weighted by molar-refractivity contribution is 0.119. The second-order valence-corrected chi connectivity index (χ2v) is 6.05. The molecule has 1 aliphatic heterocycles. The number of methoxy groups -OCH3 is 1. The second-order valence-electron chi connectivity index (χ2n) is 6.05. The van der Waals surface area contributed by atoms with Gasteiger partial charge < -0.3 is 9.64 Å². The van der Waals surface area contributed by atoms with Gasteiger partial charge in [0.1, 0.15) is 5.82 Å². The first-order valence-corrected chi connectivity index (χ1v) is 8.12. The Balaban J connectivity index is 1.92. The topological polar surface area (TPSA) is 59.3 Å². The fourth-order valence-corrected chi connectivity index (χ4v) is 2.99. The molecule has 2 aromatic rings. The molecule has 2 heterocycles. The van der Waals surface area contributed by atoms with Crippen LogP contribution in [0.15, 0.2) is 24.3 Å². The lowest BCUT2D eigenvalue weighted by Gasteiger charge is -2.37. The molecule has 7 nitrogen and oxygen atoms in total. The van der Waals surface area contributed by atoms with Crippen molar-refractivity contribution in [3.05, 3.63) is 41.5 Å². The molecule has 1 aromatic carbocycles. The summed E-state index contributed by atoms with van der Waals surface area (Å²) in [7, 11) is 3.77. The van der Waals surface area contributed by atoms with Gasteiger partial charge in [0, 0.05) is 33.3 Å². The molecule has 1 aromatic heterocycles. The van der Waals surface area contributed by atoms with Crippen LogP contribution in [0.5, 0.6) is 0 Å². The first kappa shape index (κ1) is 16.9. The highest BCUT2D eigenvalue weighted by Crippen LogP contribution is 2.28. The summed E-state index contributed by atoms with van der Waals surface area (Å²) in [6, 6.07) is 6.51. The van der Waals surface area contributed by atoms with Crippen molar-refractivity contribution in [1.29, 1.82) is 0 Å². The molecule has 1 fully saturated rings. The monoisotopic (exact) mass is 334 g/mol. The molecule has 0 aliphatic carbocycles. The van der Waals surface area contributed by atoms with E-state index in [0.717, 1.165) is 37.6 Å². The fourth-order valence-electron chi connectivity index (χ4n) is 2.99. The number of tetrazole rings is 1. The predicted octanol–water partition coefficient (Wildman–Crippen LogP) is 0.795. The molecule has 24 heavy (non-hydrogen) atoms. The number of likely N-dealkylation sites (N-methyl/N-ethyl adjacent to an activating group) is 1. The summed E-state index contributed by atoms with van der Waals surface area (Å²) in [4.78, 5) is 4.65. The highest BCUT2D eigenvalue weighted by atomic mass is 19.1. The molecule has 0 saturated carbocycles. The first-order chi connectivity index (χ1) is 11.7. The zero-order chi connectivity index (χ0) is 16.9. The van der Waals surface area contributed by atoms with Gasteiger partial charge in [-0.15, -0.1) is 5.10 Å². The minimum Gasteiger partial charge on any atom is -0.383 e. The fraction of sp³-hybridized carbons (Fsp3) is 0.562. The van der Waals surface area contributed by atoms with Crippen molar-refractivity contribution in [3.63, 3.8) is 0 Å². The van der Waals surface area contributed by atoms with E-state index in [-0.39, 0.29) is 11.9 Å². The van der Waals surface area contributed by atoms with Gasteiger partial charge in [-0.25, -0.2) is 9.07 Å². The lowest BCUT2D eigenvalue weighted by atomic mass is 10.0. The Morgan fingerprint density at radius 1 is 1.17 bits per heavy atom. The number of piperazine rings is 1. The molecule has 130 valence electrons. The summed E-state index contributed by atoms with van der Waals surface area (Å²) in [6.45, 7) is 4.92. The zero-order valence-electron chi connectivity index (χ0n) is 14.1. The molecule has 1 atom stereocenters. The Bertz CT molecular complexity index is 638. The summed E-state index contributed by atoms with van der Waals surface area (Å²) in [5.41, 5.74) is 0.995. The lowest BCUT2D eigenvalue weighted by Crippen LogP contribution is -2.46. The van der Waals surface area contributed by atoms with Crippen molar-refractivity contribution < 1.29 is 9.13 Å². The van der Waals surface area contributed by atoms with Crippen LogP contribution in [0.4, 0.5) is 4.39 Å². The molecule has 0 spiro atoms. The van der Waals surface area contributed by atoms with Crippen molar-refractivity contribution in [2.24, 2.45) is 0 Å². The van der Waals surface area contributed by atoms with Crippen molar-refractivity contribution >= 4 is 0 Å². The maximum Gasteiger partial charge on any atom is 0.173 e. The van der Waals surface area contributed by atoms with Crippen LogP contribution < -0.4 is 0 Å². The van der Waals surface area contributed by atoms with E-state index in [1.807, 2.05) is 12.1 Å². The maximum atomic E-state index is 13.3.